The summed E-state index contributed by atoms with van der Waals surface area (Å²) in [4.78, 5) is 20.7. The van der Waals surface area contributed by atoms with Crippen molar-refractivity contribution in [3.05, 3.63) is 28.0 Å². The Bertz CT molecular complexity index is 739. The van der Waals surface area contributed by atoms with Crippen molar-refractivity contribution in [2.24, 2.45) is 5.92 Å². The van der Waals surface area contributed by atoms with E-state index in [4.69, 9.17) is 9.47 Å². The summed E-state index contributed by atoms with van der Waals surface area (Å²) >= 11 is 1.73. The Labute approximate surface area is 178 Å². The van der Waals surface area contributed by atoms with Crippen LogP contribution in [0.4, 0.5) is 0 Å². The van der Waals surface area contributed by atoms with Crippen molar-refractivity contribution in [1.29, 1.82) is 0 Å². The van der Waals surface area contributed by atoms with E-state index in [0.29, 0.717) is 11.9 Å². The van der Waals surface area contributed by atoms with E-state index in [9.17, 15) is 4.79 Å². The van der Waals surface area contributed by atoms with E-state index < -0.39 is 0 Å². The molecule has 0 spiro atoms. The van der Waals surface area contributed by atoms with Gasteiger partial charge in [-0.2, -0.15) is 0 Å². The lowest BCUT2D eigenvalue weighted by molar-refractivity contribution is -0.127. The molecule has 7 heteroatoms. The molecule has 2 aliphatic heterocycles. The fraction of sp³-hybridized carbons (Fsp3) is 0.727. The number of hydrogen-bond acceptors (Lipinski definition) is 6. The average Bonchev–Trinajstić information content (AvgIpc) is 3.34. The first kappa shape index (κ1) is 22.2. The van der Waals surface area contributed by atoms with E-state index in [0.717, 1.165) is 37.5 Å². The van der Waals surface area contributed by atoms with Gasteiger partial charge in [0.15, 0.2) is 5.88 Å². The Hall–Kier alpha value is -1.44. The van der Waals surface area contributed by atoms with Crippen molar-refractivity contribution in [1.82, 2.24) is 15.2 Å². The number of likely N-dealkylation sites (N-methyl/N-ethyl adjacent to an activating group) is 1. The molecular formula is C22H35N3O3S. The van der Waals surface area contributed by atoms with Gasteiger partial charge in [0.1, 0.15) is 6.10 Å². The molecule has 2 aliphatic rings. The van der Waals surface area contributed by atoms with Gasteiger partial charge in [-0.05, 0) is 46.2 Å². The molecule has 1 aromatic rings. The SMILES string of the molecule is CCC1OC(NC(=O)C(C)N(C)C2CCOCC2)=CC1C(C)(C)c1cnc(C)s1. The minimum atomic E-state index is -0.223. The molecular weight excluding hydrogens is 386 g/mol. The number of rotatable bonds is 7. The van der Waals surface area contributed by atoms with Crippen molar-refractivity contribution < 1.29 is 14.3 Å². The normalized spacial score (nSPS) is 24.3. The maximum absolute atomic E-state index is 12.9. The molecule has 162 valence electrons. The van der Waals surface area contributed by atoms with Crippen LogP contribution in [0.15, 0.2) is 18.2 Å². The number of nitrogens with one attached hydrogen (secondary N) is 1. The van der Waals surface area contributed by atoms with Gasteiger partial charge in [-0.3, -0.25) is 15.0 Å². The van der Waals surface area contributed by atoms with E-state index >= 15 is 0 Å². The van der Waals surface area contributed by atoms with Crippen molar-refractivity contribution in [3.8, 4) is 0 Å². The van der Waals surface area contributed by atoms with Crippen LogP contribution in [0.2, 0.25) is 0 Å². The Morgan fingerprint density at radius 2 is 2.10 bits per heavy atom. The Morgan fingerprint density at radius 3 is 2.69 bits per heavy atom. The van der Waals surface area contributed by atoms with Gasteiger partial charge in [0.2, 0.25) is 5.91 Å². The Balaban J connectivity index is 1.68. The monoisotopic (exact) mass is 421 g/mol. The second-order valence-electron chi connectivity index (χ2n) is 8.76. The van der Waals surface area contributed by atoms with Gasteiger partial charge >= 0.3 is 0 Å². The number of hydrogen-bond donors (Lipinski definition) is 1. The summed E-state index contributed by atoms with van der Waals surface area (Å²) in [6, 6.07) is 0.159. The van der Waals surface area contributed by atoms with Crippen LogP contribution in [0.25, 0.3) is 0 Å². The number of thiazole rings is 1. The third-order valence-electron chi connectivity index (χ3n) is 6.51. The first-order valence-corrected chi connectivity index (χ1v) is 11.5. The van der Waals surface area contributed by atoms with Crippen molar-refractivity contribution in [2.45, 2.75) is 77.5 Å². The highest BCUT2D eigenvalue weighted by Gasteiger charge is 2.42. The molecule has 0 bridgehead atoms. The first-order valence-electron chi connectivity index (χ1n) is 10.7. The largest absolute Gasteiger partial charge is 0.475 e. The summed E-state index contributed by atoms with van der Waals surface area (Å²) in [6.07, 6.45) is 6.95. The number of nitrogens with zero attached hydrogens (tertiary/aromatic N) is 2. The fourth-order valence-electron chi connectivity index (χ4n) is 4.27. The van der Waals surface area contributed by atoms with E-state index in [-0.39, 0.29) is 29.4 Å². The fourth-order valence-corrected chi connectivity index (χ4v) is 5.20. The van der Waals surface area contributed by atoms with Crippen molar-refractivity contribution >= 4 is 17.2 Å². The smallest absolute Gasteiger partial charge is 0.243 e. The molecule has 3 heterocycles. The number of ether oxygens (including phenoxy) is 2. The van der Waals surface area contributed by atoms with Gasteiger partial charge < -0.3 is 9.47 Å². The van der Waals surface area contributed by atoms with Crippen LogP contribution >= 0.6 is 11.3 Å². The average molecular weight is 422 g/mol. The van der Waals surface area contributed by atoms with Gasteiger partial charge in [0.25, 0.3) is 0 Å². The molecule has 1 N–H and O–H groups in total. The zero-order valence-corrected chi connectivity index (χ0v) is 19.3. The lowest BCUT2D eigenvalue weighted by Gasteiger charge is -2.34. The van der Waals surface area contributed by atoms with E-state index in [2.05, 4.69) is 42.0 Å². The Kier molecular flexibility index (Phi) is 7.02. The van der Waals surface area contributed by atoms with Crippen LogP contribution in [0, 0.1) is 12.8 Å². The maximum Gasteiger partial charge on any atom is 0.243 e. The molecule has 0 radical (unpaired) electrons. The van der Waals surface area contributed by atoms with Crippen molar-refractivity contribution in [2.75, 3.05) is 20.3 Å². The molecule has 3 unspecified atom stereocenters. The lowest BCUT2D eigenvalue weighted by atomic mass is 9.75. The first-order chi connectivity index (χ1) is 13.7. The second-order valence-corrected chi connectivity index (χ2v) is 10.00. The number of aryl methyl sites for hydroxylation is 1. The molecule has 3 atom stereocenters. The standard InChI is InChI=1S/C22H35N3O3S/c1-7-18-17(22(4,5)19-13-23-15(3)29-19)12-20(28-18)24-21(26)14(2)25(6)16-8-10-27-11-9-16/h12-14,16-18H,7-11H2,1-6H3,(H,24,26). The lowest BCUT2D eigenvalue weighted by Crippen LogP contribution is -2.49. The molecule has 0 saturated carbocycles. The summed E-state index contributed by atoms with van der Waals surface area (Å²) in [7, 11) is 2.02. The van der Waals surface area contributed by atoms with Crippen molar-refractivity contribution in [3.63, 3.8) is 0 Å². The maximum atomic E-state index is 12.9. The topological polar surface area (TPSA) is 63.7 Å². The zero-order chi connectivity index (χ0) is 21.2. The molecule has 1 aromatic heterocycles. The Morgan fingerprint density at radius 1 is 1.41 bits per heavy atom. The predicted octanol–water partition coefficient (Wildman–Crippen LogP) is 3.61. The third-order valence-corrected chi connectivity index (χ3v) is 7.76. The molecule has 3 rings (SSSR count). The van der Waals surface area contributed by atoms with E-state index in [1.807, 2.05) is 27.1 Å². The summed E-state index contributed by atoms with van der Waals surface area (Å²) in [6.45, 7) is 12.1. The second kappa shape index (κ2) is 9.14. The van der Waals surface area contributed by atoms with Crippen LogP contribution < -0.4 is 5.32 Å². The highest BCUT2D eigenvalue weighted by atomic mass is 32.1. The summed E-state index contributed by atoms with van der Waals surface area (Å²) in [5.74, 6) is 0.756. The van der Waals surface area contributed by atoms with E-state index in [1.54, 1.807) is 11.3 Å². The van der Waals surface area contributed by atoms with Crippen LogP contribution in [0.5, 0.6) is 0 Å². The van der Waals surface area contributed by atoms with Crippen LogP contribution in [-0.2, 0) is 19.7 Å². The van der Waals surface area contributed by atoms with Gasteiger partial charge in [-0.1, -0.05) is 20.8 Å². The molecule has 0 aliphatic carbocycles. The third kappa shape index (κ3) is 4.84. The number of aromatic nitrogens is 1. The van der Waals surface area contributed by atoms with Crippen LogP contribution in [0.3, 0.4) is 0 Å². The summed E-state index contributed by atoms with van der Waals surface area (Å²) < 4.78 is 11.6. The zero-order valence-electron chi connectivity index (χ0n) is 18.5. The predicted molar refractivity (Wildman–Crippen MR) is 116 cm³/mol. The highest BCUT2D eigenvalue weighted by molar-refractivity contribution is 7.11. The van der Waals surface area contributed by atoms with Crippen LogP contribution in [-0.4, -0.2) is 54.2 Å². The number of carbonyl (C=O) groups is 1. The quantitative estimate of drug-likeness (QED) is 0.729. The van der Waals surface area contributed by atoms with Gasteiger partial charge in [0, 0.05) is 41.7 Å². The van der Waals surface area contributed by atoms with Gasteiger partial charge in [0.05, 0.1) is 11.0 Å². The molecule has 1 fully saturated rings. The molecule has 1 saturated heterocycles. The van der Waals surface area contributed by atoms with E-state index in [1.165, 1.54) is 4.88 Å². The van der Waals surface area contributed by atoms with Gasteiger partial charge in [-0.15, -0.1) is 11.3 Å². The summed E-state index contributed by atoms with van der Waals surface area (Å²) in [5.41, 5.74) is -0.108. The molecule has 29 heavy (non-hydrogen) atoms. The number of amides is 1. The molecule has 1 amide bonds. The summed E-state index contributed by atoms with van der Waals surface area (Å²) in [5, 5.41) is 4.11. The molecule has 0 aromatic carbocycles. The minimum absolute atomic E-state index is 0.0211. The highest BCUT2D eigenvalue weighted by Crippen LogP contribution is 2.42. The number of carbonyl (C=O) groups excluding carboxylic acids is 1. The van der Waals surface area contributed by atoms with Crippen LogP contribution in [0.1, 0.15) is 56.8 Å². The molecule has 6 nitrogen and oxygen atoms in total. The van der Waals surface area contributed by atoms with Gasteiger partial charge in [-0.25, -0.2) is 4.98 Å². The minimum Gasteiger partial charge on any atom is -0.475 e.